The van der Waals surface area contributed by atoms with E-state index in [0.717, 1.165) is 19.4 Å². The van der Waals surface area contributed by atoms with Crippen molar-refractivity contribution in [1.29, 1.82) is 0 Å². The van der Waals surface area contributed by atoms with Crippen LogP contribution in [0.2, 0.25) is 0 Å². The third-order valence-corrected chi connectivity index (χ3v) is 6.09. The minimum atomic E-state index is -0.949. The highest BCUT2D eigenvalue weighted by molar-refractivity contribution is 5.83. The molecule has 1 unspecified atom stereocenters. The number of amides is 1. The van der Waals surface area contributed by atoms with E-state index in [1.807, 2.05) is 19.1 Å². The fourth-order valence-corrected chi connectivity index (χ4v) is 4.65. The van der Waals surface area contributed by atoms with Crippen LogP contribution in [-0.2, 0) is 10.2 Å². The smallest absolute Gasteiger partial charge is 0.410 e. The second-order valence-corrected chi connectivity index (χ2v) is 8.15. The van der Waals surface area contributed by atoms with Gasteiger partial charge in [0.2, 0.25) is 0 Å². The van der Waals surface area contributed by atoms with Crippen LogP contribution >= 0.6 is 0 Å². The van der Waals surface area contributed by atoms with Crippen LogP contribution < -0.4 is 15.0 Å². The summed E-state index contributed by atoms with van der Waals surface area (Å²) in [7, 11) is 4.25. The van der Waals surface area contributed by atoms with Crippen molar-refractivity contribution in [3.63, 3.8) is 0 Å². The number of carbonyl (C=O) groups is 2. The zero-order valence-electron chi connectivity index (χ0n) is 17.2. The molecule has 0 aliphatic carbocycles. The number of nitrogens with one attached hydrogen (secondary N) is 1. The van der Waals surface area contributed by atoms with Gasteiger partial charge in [0.15, 0.2) is 5.78 Å². The van der Waals surface area contributed by atoms with Crippen LogP contribution in [0.15, 0.2) is 18.2 Å². The van der Waals surface area contributed by atoms with Gasteiger partial charge in [-0.05, 0) is 43.7 Å². The number of Topliss-reactive ketones (excluding diaryl/α,β-unsaturated/α-hetero) is 1. The number of likely N-dealkylation sites (N-methyl/N-ethyl adjacent to an activating group) is 2. The van der Waals surface area contributed by atoms with Crippen LogP contribution in [0.4, 0.5) is 10.5 Å². The van der Waals surface area contributed by atoms with E-state index in [4.69, 9.17) is 4.74 Å². The number of carbonyl (C=O) groups excluding carboxylic acids is 2. The number of fused-ring (bicyclic) bond motifs is 3. The number of aliphatic hydroxyl groups is 1. The van der Waals surface area contributed by atoms with Crippen molar-refractivity contribution in [3.05, 3.63) is 23.8 Å². The van der Waals surface area contributed by atoms with Gasteiger partial charge in [0.05, 0.1) is 6.17 Å². The Balaban J connectivity index is 1.59. The van der Waals surface area contributed by atoms with Crippen LogP contribution in [0.3, 0.4) is 0 Å². The lowest BCUT2D eigenvalue weighted by molar-refractivity contribution is -0.127. The van der Waals surface area contributed by atoms with Crippen LogP contribution in [-0.4, -0.2) is 61.3 Å². The molecule has 2 aliphatic heterocycles. The van der Waals surface area contributed by atoms with Crippen molar-refractivity contribution in [2.75, 3.05) is 32.1 Å². The maximum atomic E-state index is 12.1. The molecule has 7 nitrogen and oxygen atoms in total. The van der Waals surface area contributed by atoms with Gasteiger partial charge >= 0.3 is 6.09 Å². The summed E-state index contributed by atoms with van der Waals surface area (Å²) in [6.07, 6.45) is 1.12. The first-order chi connectivity index (χ1) is 13.3. The average Bonchev–Trinajstić information content (AvgIpc) is 3.07. The fourth-order valence-electron chi connectivity index (χ4n) is 4.65. The summed E-state index contributed by atoms with van der Waals surface area (Å²) in [5.41, 5.74) is 2.38. The van der Waals surface area contributed by atoms with Gasteiger partial charge in [-0.15, -0.1) is 0 Å². The molecule has 2 heterocycles. The Morgan fingerprint density at radius 3 is 2.86 bits per heavy atom. The number of nitrogens with zero attached hydrogens (tertiary/aromatic N) is 2. The largest absolute Gasteiger partial charge is 0.412 e. The van der Waals surface area contributed by atoms with Gasteiger partial charge in [-0.1, -0.05) is 20.3 Å². The Morgan fingerprint density at radius 2 is 2.14 bits per heavy atom. The molecular formula is C21H31N3O4. The lowest BCUT2D eigenvalue weighted by Crippen LogP contribution is -2.45. The number of hydrogen-bond donors (Lipinski definition) is 2. The Morgan fingerprint density at radius 1 is 1.39 bits per heavy atom. The first kappa shape index (κ1) is 20.6. The van der Waals surface area contributed by atoms with Crippen molar-refractivity contribution >= 4 is 17.6 Å². The quantitative estimate of drug-likeness (QED) is 0.744. The molecule has 2 N–H and O–H groups in total. The number of ketones is 1. The molecule has 0 bridgehead atoms. The molecule has 1 saturated heterocycles. The highest BCUT2D eigenvalue weighted by atomic mass is 16.6. The number of anilines is 1. The monoisotopic (exact) mass is 389 g/mol. The summed E-state index contributed by atoms with van der Waals surface area (Å²) < 4.78 is 5.43. The van der Waals surface area contributed by atoms with E-state index in [2.05, 4.69) is 36.1 Å². The zero-order valence-corrected chi connectivity index (χ0v) is 17.2. The lowest BCUT2D eigenvalue weighted by atomic mass is 9.81. The van der Waals surface area contributed by atoms with E-state index in [1.165, 1.54) is 11.3 Å². The van der Waals surface area contributed by atoms with E-state index in [9.17, 15) is 14.7 Å². The minimum absolute atomic E-state index is 0.0104. The van der Waals surface area contributed by atoms with Gasteiger partial charge in [0.1, 0.15) is 11.9 Å². The summed E-state index contributed by atoms with van der Waals surface area (Å²) in [6, 6.07) is 5.76. The van der Waals surface area contributed by atoms with Crippen LogP contribution in [0.1, 0.15) is 45.1 Å². The third-order valence-electron chi connectivity index (χ3n) is 6.09. The van der Waals surface area contributed by atoms with Crippen LogP contribution in [0.5, 0.6) is 5.75 Å². The summed E-state index contributed by atoms with van der Waals surface area (Å²) in [5.74, 6) is 0.241. The van der Waals surface area contributed by atoms with Crippen molar-refractivity contribution in [3.8, 4) is 5.75 Å². The number of aliphatic hydroxyl groups excluding tert-OH is 1. The molecule has 154 valence electrons. The van der Waals surface area contributed by atoms with E-state index in [0.29, 0.717) is 18.3 Å². The Kier molecular flexibility index (Phi) is 5.95. The number of ether oxygens (including phenoxy) is 1. The van der Waals surface area contributed by atoms with E-state index >= 15 is 0 Å². The normalized spacial score (nSPS) is 24.6. The predicted octanol–water partition coefficient (Wildman–Crippen LogP) is 2.26. The minimum Gasteiger partial charge on any atom is -0.410 e. The van der Waals surface area contributed by atoms with Crippen molar-refractivity contribution in [2.45, 2.75) is 57.2 Å². The van der Waals surface area contributed by atoms with Crippen molar-refractivity contribution in [1.82, 2.24) is 10.2 Å². The second-order valence-electron chi connectivity index (χ2n) is 8.15. The lowest BCUT2D eigenvalue weighted by Gasteiger charge is -2.32. The third kappa shape index (κ3) is 3.73. The molecule has 0 saturated carbocycles. The number of rotatable bonds is 7. The highest BCUT2D eigenvalue weighted by Gasteiger charge is 2.52. The van der Waals surface area contributed by atoms with Gasteiger partial charge in [-0.25, -0.2) is 4.79 Å². The molecular weight excluding hydrogens is 358 g/mol. The summed E-state index contributed by atoms with van der Waals surface area (Å²) in [4.78, 5) is 28.5. The highest BCUT2D eigenvalue weighted by Crippen LogP contribution is 2.51. The van der Waals surface area contributed by atoms with Crippen molar-refractivity contribution < 1.29 is 19.4 Å². The molecule has 1 amide bonds. The Bertz CT molecular complexity index is 753. The number of likely N-dealkylation sites (tertiary alicyclic amines) is 1. The SMILES string of the molecule is CCCC(O)C(=O)CCNC(=O)Oc1ccc2c(c1)[C@]1(C)CCN(C)[C@@H]1N2C. The van der Waals surface area contributed by atoms with Gasteiger partial charge in [-0.3, -0.25) is 9.69 Å². The summed E-state index contributed by atoms with van der Waals surface area (Å²) in [6.45, 7) is 5.36. The van der Waals surface area contributed by atoms with E-state index < -0.39 is 12.2 Å². The molecule has 7 heteroatoms. The summed E-state index contributed by atoms with van der Waals surface area (Å²) in [5, 5.41) is 12.2. The van der Waals surface area contributed by atoms with Crippen LogP contribution in [0.25, 0.3) is 0 Å². The topological polar surface area (TPSA) is 82.1 Å². The Hall–Kier alpha value is -2.12. The molecule has 3 rings (SSSR count). The van der Waals surface area contributed by atoms with Crippen molar-refractivity contribution in [2.24, 2.45) is 0 Å². The standard InChI is InChI=1S/C21H31N3O4/c1-5-6-17(25)18(26)9-11-22-20(27)28-14-7-8-16-15(13-14)21(2)10-12-23(3)19(21)24(16)4/h7-8,13,17,19,25H,5-6,9-12H2,1-4H3,(H,22,27)/t17?,19-,21+/m1/s1. The molecule has 2 aliphatic rings. The number of benzene rings is 1. The molecule has 0 spiro atoms. The average molecular weight is 389 g/mol. The second kappa shape index (κ2) is 8.09. The first-order valence-electron chi connectivity index (χ1n) is 10.0. The molecule has 0 radical (unpaired) electrons. The molecule has 1 aromatic carbocycles. The number of hydrogen-bond acceptors (Lipinski definition) is 6. The first-order valence-corrected chi connectivity index (χ1v) is 10.0. The molecule has 1 fully saturated rings. The maximum Gasteiger partial charge on any atom is 0.412 e. The fraction of sp³-hybridized carbons (Fsp3) is 0.619. The predicted molar refractivity (Wildman–Crippen MR) is 108 cm³/mol. The Labute approximate surface area is 166 Å². The van der Waals surface area contributed by atoms with Crippen LogP contribution in [0, 0.1) is 0 Å². The van der Waals surface area contributed by atoms with E-state index in [-0.39, 0.29) is 24.2 Å². The van der Waals surface area contributed by atoms with Gasteiger partial charge in [-0.2, -0.15) is 0 Å². The van der Waals surface area contributed by atoms with Gasteiger partial charge < -0.3 is 20.1 Å². The van der Waals surface area contributed by atoms with Gasteiger partial charge in [0.25, 0.3) is 0 Å². The zero-order chi connectivity index (χ0) is 20.5. The molecule has 0 aromatic heterocycles. The van der Waals surface area contributed by atoms with Gasteiger partial charge in [0, 0.05) is 37.7 Å². The molecule has 3 atom stereocenters. The summed E-state index contributed by atoms with van der Waals surface area (Å²) >= 11 is 0. The van der Waals surface area contributed by atoms with E-state index in [1.54, 1.807) is 6.07 Å². The maximum absolute atomic E-state index is 12.1. The molecule has 28 heavy (non-hydrogen) atoms. The molecule has 1 aromatic rings.